The molecule has 0 saturated heterocycles. The minimum atomic E-state index is -0.641. The van der Waals surface area contributed by atoms with Gasteiger partial charge in [0.25, 0.3) is 5.89 Å². The Morgan fingerprint density at radius 1 is 0.966 bits per heavy atom. The molecule has 0 radical (unpaired) electrons. The summed E-state index contributed by atoms with van der Waals surface area (Å²) in [6.45, 7) is -0.00831. The molecule has 0 N–H and O–H groups in total. The van der Waals surface area contributed by atoms with Crippen LogP contribution in [0.15, 0.2) is 71.3 Å². The highest BCUT2D eigenvalue weighted by Crippen LogP contribution is 2.30. The first-order valence-corrected chi connectivity index (χ1v) is 8.78. The van der Waals surface area contributed by atoms with Gasteiger partial charge < -0.3 is 14.0 Å². The Kier molecular flexibility index (Phi) is 5.20. The molecule has 0 saturated carbocycles. The summed E-state index contributed by atoms with van der Waals surface area (Å²) < 4.78 is 42.9. The first-order valence-electron chi connectivity index (χ1n) is 8.78. The molecule has 1 aromatic heterocycles. The number of para-hydroxylation sites is 1. The molecular weight excluding hydrogens is 378 g/mol. The van der Waals surface area contributed by atoms with E-state index in [0.29, 0.717) is 28.8 Å². The zero-order valence-electron chi connectivity index (χ0n) is 15.4. The molecule has 0 spiro atoms. The molecule has 4 aromatic rings. The molecule has 0 unspecified atom stereocenters. The van der Waals surface area contributed by atoms with Crippen LogP contribution in [0.2, 0.25) is 0 Å². The summed E-state index contributed by atoms with van der Waals surface area (Å²) in [5.74, 6) is 0.678. The highest BCUT2D eigenvalue weighted by atomic mass is 19.1. The first kappa shape index (κ1) is 18.6. The number of rotatable bonds is 6. The molecule has 0 atom stereocenters. The van der Waals surface area contributed by atoms with Crippen molar-refractivity contribution in [1.82, 2.24) is 10.1 Å². The standard InChI is InChI=1S/C22H16F2N2O3/c1-27-20-5-3-2-4-18(20)22-25-21(26-29-22)14-7-10-17(11-8-14)28-13-15-6-9-16(23)12-19(15)24/h2-12H,13H2,1H3. The van der Waals surface area contributed by atoms with E-state index in [1.54, 1.807) is 31.4 Å². The number of hydrogen-bond acceptors (Lipinski definition) is 5. The van der Waals surface area contributed by atoms with Crippen LogP contribution in [0.25, 0.3) is 22.8 Å². The van der Waals surface area contributed by atoms with Crippen molar-refractivity contribution in [3.8, 4) is 34.3 Å². The van der Waals surface area contributed by atoms with Gasteiger partial charge in [-0.15, -0.1) is 0 Å². The van der Waals surface area contributed by atoms with Gasteiger partial charge in [-0.1, -0.05) is 17.3 Å². The Morgan fingerprint density at radius 3 is 2.52 bits per heavy atom. The molecule has 0 aliphatic carbocycles. The van der Waals surface area contributed by atoms with Gasteiger partial charge in [0.15, 0.2) is 0 Å². The highest BCUT2D eigenvalue weighted by molar-refractivity contribution is 5.65. The average Bonchev–Trinajstić information content (AvgIpc) is 3.23. The van der Waals surface area contributed by atoms with Crippen molar-refractivity contribution in [2.75, 3.05) is 7.11 Å². The minimum absolute atomic E-state index is 0.00831. The van der Waals surface area contributed by atoms with E-state index in [-0.39, 0.29) is 12.2 Å². The molecule has 5 nitrogen and oxygen atoms in total. The first-order chi connectivity index (χ1) is 14.1. The van der Waals surface area contributed by atoms with Crippen molar-refractivity contribution in [1.29, 1.82) is 0 Å². The molecule has 0 aliphatic heterocycles. The van der Waals surface area contributed by atoms with E-state index >= 15 is 0 Å². The lowest BCUT2D eigenvalue weighted by Crippen LogP contribution is -1.99. The monoisotopic (exact) mass is 394 g/mol. The van der Waals surface area contributed by atoms with E-state index in [1.165, 1.54) is 12.1 Å². The van der Waals surface area contributed by atoms with Gasteiger partial charge in [-0.05, 0) is 48.5 Å². The largest absolute Gasteiger partial charge is 0.496 e. The topological polar surface area (TPSA) is 57.4 Å². The summed E-state index contributed by atoms with van der Waals surface area (Å²) in [7, 11) is 1.58. The Bertz CT molecular complexity index is 1130. The van der Waals surface area contributed by atoms with Crippen LogP contribution in [0.4, 0.5) is 8.78 Å². The van der Waals surface area contributed by atoms with Gasteiger partial charge in [-0.25, -0.2) is 8.78 Å². The van der Waals surface area contributed by atoms with Gasteiger partial charge in [0.1, 0.15) is 29.7 Å². The number of halogens is 2. The van der Waals surface area contributed by atoms with Crippen molar-refractivity contribution in [3.05, 3.63) is 83.9 Å². The number of hydrogen-bond donors (Lipinski definition) is 0. The number of nitrogens with zero attached hydrogens (tertiary/aromatic N) is 2. The lowest BCUT2D eigenvalue weighted by Gasteiger charge is -2.07. The van der Waals surface area contributed by atoms with Gasteiger partial charge in [-0.2, -0.15) is 4.98 Å². The zero-order valence-corrected chi connectivity index (χ0v) is 15.4. The minimum Gasteiger partial charge on any atom is -0.496 e. The van der Waals surface area contributed by atoms with Gasteiger partial charge >= 0.3 is 0 Å². The highest BCUT2D eigenvalue weighted by Gasteiger charge is 2.14. The molecule has 4 rings (SSSR count). The molecule has 3 aromatic carbocycles. The number of aromatic nitrogens is 2. The number of methoxy groups -OCH3 is 1. The van der Waals surface area contributed by atoms with Gasteiger partial charge in [0, 0.05) is 17.2 Å². The van der Waals surface area contributed by atoms with Crippen molar-refractivity contribution in [3.63, 3.8) is 0 Å². The van der Waals surface area contributed by atoms with Crippen molar-refractivity contribution < 1.29 is 22.8 Å². The van der Waals surface area contributed by atoms with Crippen LogP contribution >= 0.6 is 0 Å². The van der Waals surface area contributed by atoms with E-state index in [4.69, 9.17) is 14.0 Å². The van der Waals surface area contributed by atoms with E-state index in [1.807, 2.05) is 24.3 Å². The van der Waals surface area contributed by atoms with Crippen LogP contribution in [-0.4, -0.2) is 17.3 Å². The van der Waals surface area contributed by atoms with E-state index in [9.17, 15) is 8.78 Å². The summed E-state index contributed by atoms with van der Waals surface area (Å²) in [5, 5.41) is 4.01. The third-order valence-corrected chi connectivity index (χ3v) is 4.29. The van der Waals surface area contributed by atoms with Crippen molar-refractivity contribution >= 4 is 0 Å². The number of benzene rings is 3. The third-order valence-electron chi connectivity index (χ3n) is 4.29. The molecule has 0 bridgehead atoms. The Morgan fingerprint density at radius 2 is 1.76 bits per heavy atom. The molecule has 7 heteroatoms. The predicted octanol–water partition coefficient (Wildman–Crippen LogP) is 5.27. The summed E-state index contributed by atoms with van der Waals surface area (Å²) in [5.41, 5.74) is 1.71. The van der Waals surface area contributed by atoms with Crippen LogP contribution in [0.5, 0.6) is 11.5 Å². The Balaban J connectivity index is 1.48. The Hall–Kier alpha value is -3.74. The molecule has 29 heavy (non-hydrogen) atoms. The summed E-state index contributed by atoms with van der Waals surface area (Å²) in [6.07, 6.45) is 0. The van der Waals surface area contributed by atoms with Crippen LogP contribution in [0.1, 0.15) is 5.56 Å². The predicted molar refractivity (Wildman–Crippen MR) is 102 cm³/mol. The lowest BCUT2D eigenvalue weighted by molar-refractivity contribution is 0.299. The second-order valence-electron chi connectivity index (χ2n) is 6.17. The van der Waals surface area contributed by atoms with Crippen LogP contribution in [-0.2, 0) is 6.61 Å². The quantitative estimate of drug-likeness (QED) is 0.446. The van der Waals surface area contributed by atoms with Gasteiger partial charge in [0.05, 0.1) is 12.7 Å². The maximum absolute atomic E-state index is 13.7. The Labute approximate surface area is 165 Å². The smallest absolute Gasteiger partial charge is 0.262 e. The van der Waals surface area contributed by atoms with Crippen LogP contribution in [0.3, 0.4) is 0 Å². The van der Waals surface area contributed by atoms with Crippen LogP contribution < -0.4 is 9.47 Å². The van der Waals surface area contributed by atoms with E-state index < -0.39 is 11.6 Å². The third kappa shape index (κ3) is 4.08. The fourth-order valence-corrected chi connectivity index (χ4v) is 2.77. The normalized spacial score (nSPS) is 10.7. The molecule has 0 fully saturated rings. The summed E-state index contributed by atoms with van der Waals surface area (Å²) in [6, 6.07) is 17.7. The molecule has 0 aliphatic rings. The molecular formula is C22H16F2N2O3. The maximum Gasteiger partial charge on any atom is 0.262 e. The van der Waals surface area contributed by atoms with Gasteiger partial charge in [-0.3, -0.25) is 0 Å². The van der Waals surface area contributed by atoms with E-state index in [0.717, 1.165) is 11.6 Å². The fourth-order valence-electron chi connectivity index (χ4n) is 2.77. The summed E-state index contributed by atoms with van der Waals surface area (Å²) >= 11 is 0. The fraction of sp³-hybridized carbons (Fsp3) is 0.0909. The average molecular weight is 394 g/mol. The second-order valence-corrected chi connectivity index (χ2v) is 6.17. The van der Waals surface area contributed by atoms with Crippen molar-refractivity contribution in [2.45, 2.75) is 6.61 Å². The van der Waals surface area contributed by atoms with Gasteiger partial charge in [0.2, 0.25) is 5.82 Å². The lowest BCUT2D eigenvalue weighted by atomic mass is 10.2. The SMILES string of the molecule is COc1ccccc1-c1nc(-c2ccc(OCc3ccc(F)cc3F)cc2)no1. The molecule has 0 amide bonds. The molecule has 146 valence electrons. The number of ether oxygens (including phenoxy) is 2. The van der Waals surface area contributed by atoms with Crippen molar-refractivity contribution in [2.24, 2.45) is 0 Å². The molecule has 1 heterocycles. The zero-order chi connectivity index (χ0) is 20.2. The van der Waals surface area contributed by atoms with Crippen LogP contribution in [0, 0.1) is 11.6 Å². The second kappa shape index (κ2) is 8.10. The summed E-state index contributed by atoms with van der Waals surface area (Å²) in [4.78, 5) is 4.42. The van der Waals surface area contributed by atoms with E-state index in [2.05, 4.69) is 10.1 Å². The maximum atomic E-state index is 13.7.